The molecule has 3 rings (SSSR count). The lowest BCUT2D eigenvalue weighted by molar-refractivity contribution is -0.117. The van der Waals surface area contributed by atoms with Crippen molar-refractivity contribution < 1.29 is 24.2 Å². The first-order valence-electron chi connectivity index (χ1n) is 10.1. The number of carbonyl (C=O) groups is 2. The fourth-order valence-corrected chi connectivity index (χ4v) is 3.87. The van der Waals surface area contributed by atoms with Crippen molar-refractivity contribution in [3.8, 4) is 22.8 Å². The van der Waals surface area contributed by atoms with Gasteiger partial charge in [-0.25, -0.2) is 4.79 Å². The van der Waals surface area contributed by atoms with Crippen LogP contribution in [0.25, 0.3) is 11.3 Å². The fraction of sp³-hybridized carbons (Fsp3) is 0.435. The first kappa shape index (κ1) is 21.6. The van der Waals surface area contributed by atoms with Gasteiger partial charge in [0.15, 0.2) is 16.9 Å². The highest BCUT2D eigenvalue weighted by atomic mass is 16.5. The molecule has 7 heteroatoms. The summed E-state index contributed by atoms with van der Waals surface area (Å²) in [5.74, 6) is 0.248. The SMILES string of the molecule is COc1cc2c(cc1OCCCC(C)=O)CC(C(C)C)n1cc(C(=O)O)c(=O)cc1-2. The summed E-state index contributed by atoms with van der Waals surface area (Å²) in [6.07, 6.45) is 3.22. The average molecular weight is 413 g/mol. The third-order valence-corrected chi connectivity index (χ3v) is 5.46. The molecule has 30 heavy (non-hydrogen) atoms. The lowest BCUT2D eigenvalue weighted by Crippen LogP contribution is -2.28. The number of Topliss-reactive ketones (excluding diaryl/α,β-unsaturated/α-hetero) is 1. The first-order valence-corrected chi connectivity index (χ1v) is 10.1. The van der Waals surface area contributed by atoms with Gasteiger partial charge in [0.1, 0.15) is 11.3 Å². The summed E-state index contributed by atoms with van der Waals surface area (Å²) >= 11 is 0. The Morgan fingerprint density at radius 2 is 1.97 bits per heavy atom. The number of hydrogen-bond donors (Lipinski definition) is 1. The zero-order chi connectivity index (χ0) is 22.0. The minimum absolute atomic E-state index is 0.00478. The molecule has 2 aromatic rings. The van der Waals surface area contributed by atoms with Gasteiger partial charge in [-0.15, -0.1) is 0 Å². The van der Waals surface area contributed by atoms with E-state index in [0.717, 1.165) is 11.1 Å². The lowest BCUT2D eigenvalue weighted by Gasteiger charge is -2.33. The Balaban J connectivity index is 2.07. The smallest absolute Gasteiger partial charge is 0.341 e. The number of ether oxygens (including phenoxy) is 2. The molecule has 1 aliphatic heterocycles. The summed E-state index contributed by atoms with van der Waals surface area (Å²) in [5, 5.41) is 9.37. The van der Waals surface area contributed by atoms with Crippen molar-refractivity contribution in [1.82, 2.24) is 4.57 Å². The fourth-order valence-electron chi connectivity index (χ4n) is 3.87. The predicted octanol–water partition coefficient (Wildman–Crippen LogP) is 3.72. The van der Waals surface area contributed by atoms with Crippen molar-refractivity contribution in [1.29, 1.82) is 0 Å². The highest BCUT2D eigenvalue weighted by Crippen LogP contribution is 2.42. The second-order valence-electron chi connectivity index (χ2n) is 7.98. The Labute approximate surface area is 175 Å². The van der Waals surface area contributed by atoms with Crippen molar-refractivity contribution in [3.05, 3.63) is 45.7 Å². The van der Waals surface area contributed by atoms with E-state index in [1.165, 1.54) is 12.3 Å². The third-order valence-electron chi connectivity index (χ3n) is 5.46. The number of benzene rings is 1. The van der Waals surface area contributed by atoms with Crippen LogP contribution in [0.3, 0.4) is 0 Å². The van der Waals surface area contributed by atoms with E-state index in [1.807, 2.05) is 16.7 Å². The molecule has 160 valence electrons. The third kappa shape index (κ3) is 4.25. The Morgan fingerprint density at radius 1 is 1.23 bits per heavy atom. The molecule has 0 aliphatic carbocycles. The molecule has 0 fully saturated rings. The number of aromatic carboxylic acids is 1. The quantitative estimate of drug-likeness (QED) is 0.663. The molecule has 0 saturated carbocycles. The second-order valence-corrected chi connectivity index (χ2v) is 7.98. The molecule has 1 aromatic carbocycles. The lowest BCUT2D eigenvalue weighted by atomic mass is 9.87. The molecular weight excluding hydrogens is 386 g/mol. The van der Waals surface area contributed by atoms with Crippen LogP contribution >= 0.6 is 0 Å². The van der Waals surface area contributed by atoms with Gasteiger partial charge in [0.25, 0.3) is 0 Å². The summed E-state index contributed by atoms with van der Waals surface area (Å²) in [4.78, 5) is 35.0. The molecular formula is C23H27NO6. The molecule has 2 heterocycles. The number of rotatable bonds is 8. The number of carboxylic acid groups (broad SMARTS) is 1. The highest BCUT2D eigenvalue weighted by molar-refractivity contribution is 5.88. The number of hydrogen-bond acceptors (Lipinski definition) is 5. The Morgan fingerprint density at radius 3 is 2.57 bits per heavy atom. The number of fused-ring (bicyclic) bond motifs is 3. The normalized spacial score (nSPS) is 14.8. The van der Waals surface area contributed by atoms with Crippen LogP contribution in [-0.2, 0) is 11.2 Å². The molecule has 1 atom stereocenters. The summed E-state index contributed by atoms with van der Waals surface area (Å²) in [7, 11) is 1.55. The minimum atomic E-state index is -1.23. The number of methoxy groups -OCH3 is 1. The topological polar surface area (TPSA) is 94.8 Å². The molecule has 1 unspecified atom stereocenters. The van der Waals surface area contributed by atoms with Crippen LogP contribution in [0, 0.1) is 5.92 Å². The number of carboxylic acids is 1. The van der Waals surface area contributed by atoms with E-state index in [1.54, 1.807) is 14.0 Å². The van der Waals surface area contributed by atoms with Crippen molar-refractivity contribution in [2.45, 2.75) is 46.1 Å². The average Bonchev–Trinajstić information content (AvgIpc) is 2.69. The number of aromatic nitrogens is 1. The summed E-state index contributed by atoms with van der Waals surface area (Å²) in [6, 6.07) is 5.16. The van der Waals surface area contributed by atoms with E-state index in [4.69, 9.17) is 9.47 Å². The summed E-state index contributed by atoms with van der Waals surface area (Å²) < 4.78 is 13.3. The number of ketones is 1. The molecule has 0 amide bonds. The first-order chi connectivity index (χ1) is 14.2. The van der Waals surface area contributed by atoms with Crippen LogP contribution in [0.4, 0.5) is 0 Å². The number of nitrogens with zero attached hydrogens (tertiary/aromatic N) is 1. The predicted molar refractivity (Wildman–Crippen MR) is 113 cm³/mol. The van der Waals surface area contributed by atoms with Gasteiger partial charge in [-0.1, -0.05) is 13.8 Å². The van der Waals surface area contributed by atoms with Crippen LogP contribution < -0.4 is 14.9 Å². The maximum atomic E-state index is 12.4. The van der Waals surface area contributed by atoms with Gasteiger partial charge in [-0.3, -0.25) is 4.79 Å². The maximum absolute atomic E-state index is 12.4. The van der Waals surface area contributed by atoms with E-state index in [2.05, 4.69) is 13.8 Å². The standard InChI is InChI=1S/C23H27NO6/c1-13(2)18-8-15-9-22(30-7-5-6-14(3)25)21(29-4)10-16(15)19-11-20(26)17(23(27)28)12-24(18)19/h9-13,18H,5-8H2,1-4H3,(H,27,28). The van der Waals surface area contributed by atoms with Crippen LogP contribution in [-0.4, -0.2) is 35.1 Å². The van der Waals surface area contributed by atoms with Gasteiger partial charge < -0.3 is 23.9 Å². The molecule has 1 aliphatic rings. The van der Waals surface area contributed by atoms with Crippen molar-refractivity contribution in [2.24, 2.45) is 5.92 Å². The number of carbonyl (C=O) groups excluding carboxylic acids is 1. The highest BCUT2D eigenvalue weighted by Gasteiger charge is 2.29. The van der Waals surface area contributed by atoms with Crippen molar-refractivity contribution in [2.75, 3.05) is 13.7 Å². The van der Waals surface area contributed by atoms with E-state index in [9.17, 15) is 19.5 Å². The van der Waals surface area contributed by atoms with E-state index in [-0.39, 0.29) is 23.3 Å². The van der Waals surface area contributed by atoms with Gasteiger partial charge in [0, 0.05) is 30.3 Å². The maximum Gasteiger partial charge on any atom is 0.341 e. The van der Waals surface area contributed by atoms with Crippen molar-refractivity contribution in [3.63, 3.8) is 0 Å². The Kier molecular flexibility index (Phi) is 6.29. The Hall–Kier alpha value is -3.09. The van der Waals surface area contributed by atoms with Crippen LogP contribution in [0.2, 0.25) is 0 Å². The van der Waals surface area contributed by atoms with Gasteiger partial charge >= 0.3 is 5.97 Å². The Bertz CT molecular complexity index is 1040. The molecule has 0 bridgehead atoms. The monoisotopic (exact) mass is 413 g/mol. The van der Waals surface area contributed by atoms with Gasteiger partial charge in [0.2, 0.25) is 0 Å². The van der Waals surface area contributed by atoms with Gasteiger partial charge in [-0.2, -0.15) is 0 Å². The van der Waals surface area contributed by atoms with Gasteiger partial charge in [0.05, 0.1) is 19.4 Å². The van der Waals surface area contributed by atoms with E-state index in [0.29, 0.717) is 43.1 Å². The van der Waals surface area contributed by atoms with Crippen LogP contribution in [0.1, 0.15) is 55.6 Å². The molecule has 0 spiro atoms. The van der Waals surface area contributed by atoms with Crippen molar-refractivity contribution >= 4 is 11.8 Å². The van der Waals surface area contributed by atoms with Crippen LogP contribution in [0.15, 0.2) is 29.2 Å². The van der Waals surface area contributed by atoms with Gasteiger partial charge in [-0.05, 0) is 43.4 Å². The number of pyridine rings is 1. The minimum Gasteiger partial charge on any atom is -0.493 e. The second kappa shape index (κ2) is 8.73. The van der Waals surface area contributed by atoms with E-state index < -0.39 is 11.4 Å². The largest absolute Gasteiger partial charge is 0.493 e. The van der Waals surface area contributed by atoms with Crippen LogP contribution in [0.5, 0.6) is 11.5 Å². The molecule has 7 nitrogen and oxygen atoms in total. The molecule has 1 N–H and O–H groups in total. The molecule has 1 aromatic heterocycles. The summed E-state index contributed by atoms with van der Waals surface area (Å²) in [6.45, 7) is 6.10. The zero-order valence-corrected chi connectivity index (χ0v) is 17.7. The molecule has 0 radical (unpaired) electrons. The summed E-state index contributed by atoms with van der Waals surface area (Å²) in [5.41, 5.74) is 1.76. The van der Waals surface area contributed by atoms with E-state index >= 15 is 0 Å². The zero-order valence-electron chi connectivity index (χ0n) is 17.7. The molecule has 0 saturated heterocycles.